The minimum absolute atomic E-state index is 0.0739. The first-order valence-corrected chi connectivity index (χ1v) is 18.3. The number of carbonyl (C=O) groups excluding carboxylic acids is 1. The van der Waals surface area contributed by atoms with E-state index in [2.05, 4.69) is 10.6 Å². The number of esters is 1. The molecule has 60 heavy (non-hydrogen) atoms. The number of benzene rings is 2. The lowest BCUT2D eigenvalue weighted by Crippen LogP contribution is -2.70. The van der Waals surface area contributed by atoms with Crippen LogP contribution in [0, 0.1) is 0 Å². The summed E-state index contributed by atoms with van der Waals surface area (Å²) in [6.07, 6.45) is -15.0. The fourth-order valence-corrected chi connectivity index (χ4v) is 7.51. The minimum Gasteiger partial charge on any atom is -0.507 e. The first-order valence-electron chi connectivity index (χ1n) is 18.3. The minimum atomic E-state index is -2.76. The van der Waals surface area contributed by atoms with E-state index < -0.39 is 120 Å². The van der Waals surface area contributed by atoms with Crippen LogP contribution in [0.5, 0.6) is 23.0 Å². The number of ether oxygens (including phenoxy) is 4. The van der Waals surface area contributed by atoms with Gasteiger partial charge in [0.1, 0.15) is 58.7 Å². The lowest BCUT2D eigenvalue weighted by atomic mass is 9.85. The van der Waals surface area contributed by atoms with Crippen molar-refractivity contribution >= 4 is 22.9 Å². The Labute approximate surface area is 336 Å². The fourth-order valence-electron chi connectivity index (χ4n) is 7.51. The molecule has 7 rings (SSSR count). The molecule has 1 unspecified atom stereocenters. The SMILES string of the molecule is CNC1=C[C@@H](C2=CNC(N)C=C2)c2c(cc3oc(-c4cc(O)c(O)c(CCO)c4)cc(=O)c3c2O)O[C@]12O[C@H](C(=O)O[C@H]1O[C@H](C(=O)O)[C@@H](O)[C@H](O)[C@H]1O)[C@@H](O)[C@H](O)[C@H]2O. The van der Waals surface area contributed by atoms with Crippen molar-refractivity contribution in [1.82, 2.24) is 10.6 Å². The summed E-state index contributed by atoms with van der Waals surface area (Å²) in [4.78, 5) is 39.2. The molecule has 0 amide bonds. The lowest BCUT2D eigenvalue weighted by molar-refractivity contribution is -0.325. The molecule has 12 atom stereocenters. The van der Waals surface area contributed by atoms with Crippen LogP contribution in [0.1, 0.15) is 17.0 Å². The molecule has 0 radical (unpaired) electrons. The van der Waals surface area contributed by atoms with Gasteiger partial charge in [-0.2, -0.15) is 0 Å². The van der Waals surface area contributed by atoms with Crippen LogP contribution in [0.3, 0.4) is 0 Å². The quantitative estimate of drug-likeness (QED) is 0.0777. The van der Waals surface area contributed by atoms with Gasteiger partial charge in [0.25, 0.3) is 5.79 Å². The van der Waals surface area contributed by atoms with E-state index in [1.807, 2.05) is 0 Å². The number of aliphatic hydroxyl groups is 7. The Hall–Kier alpha value is -5.79. The first kappa shape index (κ1) is 42.3. The highest BCUT2D eigenvalue weighted by molar-refractivity contribution is 5.89. The van der Waals surface area contributed by atoms with Gasteiger partial charge in [-0.1, -0.05) is 6.08 Å². The Morgan fingerprint density at radius 2 is 1.67 bits per heavy atom. The van der Waals surface area contributed by atoms with E-state index >= 15 is 0 Å². The van der Waals surface area contributed by atoms with Gasteiger partial charge in [-0.25, -0.2) is 9.59 Å². The summed E-state index contributed by atoms with van der Waals surface area (Å²) in [5, 5.41) is 122. The van der Waals surface area contributed by atoms with Crippen molar-refractivity contribution in [3.05, 3.63) is 81.3 Å². The number of fused-ring (bicyclic) bond motifs is 2. The maximum absolute atomic E-state index is 13.8. The van der Waals surface area contributed by atoms with E-state index in [0.717, 1.165) is 18.2 Å². The Balaban J connectivity index is 1.37. The number of dihydropyridines is 1. The number of aliphatic carboxylic acids is 1. The van der Waals surface area contributed by atoms with Crippen molar-refractivity contribution in [1.29, 1.82) is 0 Å². The Morgan fingerprint density at radius 1 is 0.950 bits per heavy atom. The molecule has 2 aromatic carbocycles. The number of aromatic hydroxyl groups is 3. The van der Waals surface area contributed by atoms with Gasteiger partial charge < -0.3 is 95.9 Å². The summed E-state index contributed by atoms with van der Waals surface area (Å²) < 4.78 is 28.6. The Bertz CT molecular complexity index is 2360. The van der Waals surface area contributed by atoms with Gasteiger partial charge in [-0.15, -0.1) is 0 Å². The van der Waals surface area contributed by atoms with Gasteiger partial charge in [0.2, 0.25) is 6.29 Å². The molecule has 2 fully saturated rings. The summed E-state index contributed by atoms with van der Waals surface area (Å²) in [6, 6.07) is 4.58. The Kier molecular flexibility index (Phi) is 11.3. The summed E-state index contributed by atoms with van der Waals surface area (Å²) >= 11 is 0. The van der Waals surface area contributed by atoms with Gasteiger partial charge in [0.15, 0.2) is 35.2 Å². The van der Waals surface area contributed by atoms with E-state index in [9.17, 15) is 70.6 Å². The average molecular weight is 844 g/mol. The molecule has 4 aliphatic rings. The Morgan fingerprint density at radius 3 is 2.32 bits per heavy atom. The van der Waals surface area contributed by atoms with Crippen molar-refractivity contribution in [2.45, 2.75) is 79.4 Å². The van der Waals surface area contributed by atoms with Crippen LogP contribution in [0.2, 0.25) is 0 Å². The van der Waals surface area contributed by atoms with Crippen LogP contribution >= 0.6 is 0 Å². The second kappa shape index (κ2) is 16.0. The number of nitrogens with one attached hydrogen (secondary N) is 2. The van der Waals surface area contributed by atoms with Gasteiger partial charge >= 0.3 is 11.9 Å². The maximum atomic E-state index is 13.8. The highest BCUT2D eigenvalue weighted by Crippen LogP contribution is 2.51. The third kappa shape index (κ3) is 7.07. The van der Waals surface area contributed by atoms with E-state index in [0.29, 0.717) is 5.57 Å². The van der Waals surface area contributed by atoms with Crippen molar-refractivity contribution in [2.75, 3.05) is 13.7 Å². The third-order valence-electron chi connectivity index (χ3n) is 10.6. The number of phenols is 3. The number of hydrogen-bond donors (Lipinski definition) is 14. The molecule has 1 spiro atoms. The van der Waals surface area contributed by atoms with Crippen LogP contribution in [-0.2, 0) is 30.2 Å². The lowest BCUT2D eigenvalue weighted by Gasteiger charge is -2.48. The van der Waals surface area contributed by atoms with E-state index in [1.54, 1.807) is 12.2 Å². The van der Waals surface area contributed by atoms with Crippen LogP contribution < -0.4 is 26.5 Å². The van der Waals surface area contributed by atoms with Gasteiger partial charge in [0, 0.05) is 54.6 Å². The number of allylic oxidation sites excluding steroid dienone is 3. The van der Waals surface area contributed by atoms with Crippen molar-refractivity contribution in [2.24, 2.45) is 5.73 Å². The normalized spacial score (nSPS) is 32.5. The van der Waals surface area contributed by atoms with Gasteiger partial charge in [0.05, 0.1) is 11.9 Å². The van der Waals surface area contributed by atoms with Crippen LogP contribution in [0.15, 0.2) is 69.2 Å². The zero-order valence-corrected chi connectivity index (χ0v) is 31.1. The van der Waals surface area contributed by atoms with Gasteiger partial charge in [-0.3, -0.25) is 4.79 Å². The molecule has 4 aliphatic heterocycles. The molecule has 0 bridgehead atoms. The number of carboxylic acid groups (broad SMARTS) is 1. The highest BCUT2D eigenvalue weighted by atomic mass is 16.8. The van der Waals surface area contributed by atoms with E-state index in [-0.39, 0.29) is 45.5 Å². The summed E-state index contributed by atoms with van der Waals surface area (Å²) in [6.45, 7) is -0.402. The zero-order valence-electron chi connectivity index (χ0n) is 31.1. The topological polar surface area (TPSA) is 374 Å². The van der Waals surface area contributed by atoms with Crippen LogP contribution in [-0.4, -0.2) is 149 Å². The molecule has 1 aromatic heterocycles. The van der Waals surface area contributed by atoms with E-state index in [4.69, 9.17) is 29.1 Å². The molecule has 2 saturated heterocycles. The first-order chi connectivity index (χ1) is 28.4. The number of phenolic OH excluding ortho intramolecular Hbond substituents is 3. The number of carbonyl (C=O) groups is 2. The predicted octanol–water partition coefficient (Wildman–Crippen LogP) is -3.37. The largest absolute Gasteiger partial charge is 0.507 e. The fraction of sp³-hybridized carbons (Fsp3) is 0.395. The number of nitrogens with two attached hydrogens (primary N) is 1. The molecule has 322 valence electrons. The van der Waals surface area contributed by atoms with Crippen molar-refractivity contribution in [3.8, 4) is 34.3 Å². The van der Waals surface area contributed by atoms with E-state index in [1.165, 1.54) is 25.4 Å². The third-order valence-corrected chi connectivity index (χ3v) is 10.6. The standard InChI is InChI=1S/C38H41N3O19/c1-40-21-8-15(13-2-3-22(39)41-11-13)23-20(10-19-24(26(23)46)16(43)9-18(56-19)14-6-12(4-5-42)25(45)17(44)7-14)59-38(21)34(52)30(50)29(49)33(60-38)36(55)58-37-31(51)27(47)28(48)32(57-37)35(53)54/h2-3,6-11,15,22,27-34,37,40-42,44-52H,4-5,39H2,1H3,(H,53,54)/t15-,22?,27-,28-,29-,30-,31+,32-,33-,34+,37+,38-/m0/s1. The molecule has 3 aromatic rings. The number of hydrogen-bond acceptors (Lipinski definition) is 21. The van der Waals surface area contributed by atoms with Gasteiger partial charge in [-0.05, 0) is 36.3 Å². The smallest absolute Gasteiger partial charge is 0.340 e. The molecule has 22 nitrogen and oxygen atoms in total. The number of likely N-dealkylation sites (N-methyl/N-ethyl adjacent to an activating group) is 1. The van der Waals surface area contributed by atoms with Crippen LogP contribution in [0.4, 0.5) is 0 Å². The molecule has 22 heteroatoms. The highest BCUT2D eigenvalue weighted by Gasteiger charge is 2.62. The number of carboxylic acids is 1. The summed E-state index contributed by atoms with van der Waals surface area (Å²) in [5.41, 5.74) is 5.00. The maximum Gasteiger partial charge on any atom is 0.340 e. The summed E-state index contributed by atoms with van der Waals surface area (Å²) in [7, 11) is 1.33. The molecule has 0 saturated carbocycles. The molecule has 0 aliphatic carbocycles. The molecular weight excluding hydrogens is 802 g/mol. The zero-order chi connectivity index (χ0) is 43.5. The monoisotopic (exact) mass is 843 g/mol. The second-order valence-corrected chi connectivity index (χ2v) is 14.4. The van der Waals surface area contributed by atoms with Crippen molar-refractivity contribution in [3.63, 3.8) is 0 Å². The van der Waals surface area contributed by atoms with Crippen LogP contribution in [0.25, 0.3) is 22.3 Å². The molecule has 15 N–H and O–H groups in total. The van der Waals surface area contributed by atoms with Crippen molar-refractivity contribution < 1.29 is 89.1 Å². The summed E-state index contributed by atoms with van der Waals surface area (Å²) in [5.74, 6) is -9.71. The second-order valence-electron chi connectivity index (χ2n) is 14.4. The average Bonchev–Trinajstić information content (AvgIpc) is 3.35. The molecule has 5 heterocycles. The predicted molar refractivity (Wildman–Crippen MR) is 199 cm³/mol. The number of aliphatic hydroxyl groups excluding tert-OH is 7. The molecular formula is C38H41N3O19. The number of rotatable bonds is 8.